The minimum absolute atomic E-state index is 0.0353. The van der Waals surface area contributed by atoms with Gasteiger partial charge in [-0.3, -0.25) is 0 Å². The van der Waals surface area contributed by atoms with Crippen LogP contribution in [0, 0.1) is 5.82 Å². The van der Waals surface area contributed by atoms with Crippen LogP contribution in [0.15, 0.2) is 48.5 Å². The largest absolute Gasteiger partial charge is 0.494 e. The van der Waals surface area contributed by atoms with Crippen molar-refractivity contribution in [2.75, 3.05) is 6.61 Å². The number of hydrogen-bond acceptors (Lipinski definition) is 2. The minimum Gasteiger partial charge on any atom is -0.494 e. The second-order valence-electron chi connectivity index (χ2n) is 4.35. The molecular weight excluding hydrogens is 243 g/mol. The number of hydrogen-bond donors (Lipinski definition) is 1. The Balaban J connectivity index is 1.76. The van der Waals surface area contributed by atoms with Gasteiger partial charge in [-0.25, -0.2) is 4.39 Å². The van der Waals surface area contributed by atoms with Gasteiger partial charge in [0.05, 0.1) is 13.2 Å². The molecule has 0 saturated carbocycles. The Bertz CT molecular complexity index is 508. The van der Waals surface area contributed by atoms with Crippen LogP contribution in [0.5, 0.6) is 5.75 Å². The second kappa shape index (κ2) is 6.90. The maximum Gasteiger partial charge on any atom is 0.126 e. The summed E-state index contributed by atoms with van der Waals surface area (Å²) >= 11 is 0. The Hall–Kier alpha value is -1.87. The summed E-state index contributed by atoms with van der Waals surface area (Å²) in [6.45, 7) is 0.584. The van der Waals surface area contributed by atoms with Gasteiger partial charge >= 0.3 is 0 Å². The summed E-state index contributed by atoms with van der Waals surface area (Å²) in [5, 5.41) is 8.92. The normalized spacial score (nSPS) is 10.4. The summed E-state index contributed by atoms with van der Waals surface area (Å²) in [4.78, 5) is 0. The van der Waals surface area contributed by atoms with Crippen LogP contribution in [-0.2, 0) is 13.0 Å². The van der Waals surface area contributed by atoms with Crippen molar-refractivity contribution >= 4 is 0 Å². The van der Waals surface area contributed by atoms with Crippen LogP contribution in [0.4, 0.5) is 4.39 Å². The third kappa shape index (κ3) is 4.07. The monoisotopic (exact) mass is 260 g/mol. The first-order chi connectivity index (χ1) is 9.29. The zero-order valence-electron chi connectivity index (χ0n) is 10.7. The average Bonchev–Trinajstić information content (AvgIpc) is 2.46. The predicted molar refractivity (Wildman–Crippen MR) is 72.6 cm³/mol. The standard InChI is InChI=1S/C16H17FO2/c17-16-6-2-1-4-14(16)5-3-11-19-15-9-7-13(12-18)8-10-15/h1-2,4,6-10,18H,3,5,11-12H2. The molecule has 2 nitrogen and oxygen atoms in total. The molecule has 0 aliphatic carbocycles. The maximum absolute atomic E-state index is 13.4. The number of halogens is 1. The molecule has 0 heterocycles. The zero-order valence-corrected chi connectivity index (χ0v) is 10.7. The van der Waals surface area contributed by atoms with E-state index in [0.29, 0.717) is 13.0 Å². The maximum atomic E-state index is 13.4. The molecule has 0 aromatic heterocycles. The lowest BCUT2D eigenvalue weighted by Crippen LogP contribution is -2.00. The van der Waals surface area contributed by atoms with Gasteiger partial charge in [-0.15, -0.1) is 0 Å². The first kappa shape index (κ1) is 13.6. The second-order valence-corrected chi connectivity index (χ2v) is 4.35. The van der Waals surface area contributed by atoms with E-state index in [4.69, 9.17) is 9.84 Å². The molecule has 100 valence electrons. The number of ether oxygens (including phenoxy) is 1. The summed E-state index contributed by atoms with van der Waals surface area (Å²) in [7, 11) is 0. The molecule has 1 N–H and O–H groups in total. The lowest BCUT2D eigenvalue weighted by Gasteiger charge is -2.07. The van der Waals surface area contributed by atoms with E-state index in [1.165, 1.54) is 6.07 Å². The molecule has 0 fully saturated rings. The molecule has 0 saturated heterocycles. The fraction of sp³-hybridized carbons (Fsp3) is 0.250. The summed E-state index contributed by atoms with van der Waals surface area (Å²) in [5.74, 6) is 0.612. The van der Waals surface area contributed by atoms with Crippen molar-refractivity contribution in [1.82, 2.24) is 0 Å². The third-order valence-electron chi connectivity index (χ3n) is 2.92. The minimum atomic E-state index is -0.158. The van der Waals surface area contributed by atoms with Gasteiger partial charge in [0.2, 0.25) is 0 Å². The van der Waals surface area contributed by atoms with Gasteiger partial charge in [0.25, 0.3) is 0 Å². The van der Waals surface area contributed by atoms with Crippen molar-refractivity contribution in [2.45, 2.75) is 19.4 Å². The van der Waals surface area contributed by atoms with Gasteiger partial charge in [0.15, 0.2) is 0 Å². The van der Waals surface area contributed by atoms with Gasteiger partial charge < -0.3 is 9.84 Å². The van der Waals surface area contributed by atoms with Gasteiger partial charge in [-0.1, -0.05) is 30.3 Å². The molecule has 19 heavy (non-hydrogen) atoms. The van der Waals surface area contributed by atoms with Crippen molar-refractivity contribution in [1.29, 1.82) is 0 Å². The third-order valence-corrected chi connectivity index (χ3v) is 2.92. The molecule has 0 unspecified atom stereocenters. The molecule has 3 heteroatoms. The highest BCUT2D eigenvalue weighted by Gasteiger charge is 2.00. The Labute approximate surface area is 112 Å². The number of benzene rings is 2. The first-order valence-electron chi connectivity index (χ1n) is 6.35. The molecule has 0 radical (unpaired) electrons. The van der Waals surface area contributed by atoms with E-state index in [-0.39, 0.29) is 12.4 Å². The van der Waals surface area contributed by atoms with E-state index >= 15 is 0 Å². The Kier molecular flexibility index (Phi) is 4.93. The number of aliphatic hydroxyl groups is 1. The Morgan fingerprint density at radius 1 is 1.00 bits per heavy atom. The smallest absolute Gasteiger partial charge is 0.126 e. The highest BCUT2D eigenvalue weighted by Crippen LogP contribution is 2.13. The highest BCUT2D eigenvalue weighted by molar-refractivity contribution is 5.26. The van der Waals surface area contributed by atoms with E-state index in [0.717, 1.165) is 23.3 Å². The molecule has 2 rings (SSSR count). The van der Waals surface area contributed by atoms with Crippen LogP contribution in [-0.4, -0.2) is 11.7 Å². The van der Waals surface area contributed by atoms with E-state index < -0.39 is 0 Å². The van der Waals surface area contributed by atoms with Gasteiger partial charge in [0.1, 0.15) is 11.6 Å². The van der Waals surface area contributed by atoms with Crippen molar-refractivity contribution in [3.05, 3.63) is 65.5 Å². The Morgan fingerprint density at radius 2 is 1.74 bits per heavy atom. The van der Waals surface area contributed by atoms with Gasteiger partial charge in [-0.2, -0.15) is 0 Å². The van der Waals surface area contributed by atoms with Crippen LogP contribution < -0.4 is 4.74 Å². The average molecular weight is 260 g/mol. The first-order valence-corrected chi connectivity index (χ1v) is 6.35. The van der Waals surface area contributed by atoms with E-state index in [1.54, 1.807) is 12.1 Å². The molecule has 0 spiro atoms. The van der Waals surface area contributed by atoms with E-state index in [9.17, 15) is 4.39 Å². The zero-order chi connectivity index (χ0) is 13.5. The molecule has 0 aliphatic heterocycles. The summed E-state index contributed by atoms with van der Waals surface area (Å²) in [6.07, 6.45) is 1.43. The van der Waals surface area contributed by atoms with E-state index in [1.807, 2.05) is 30.3 Å². The molecule has 0 atom stereocenters. The van der Waals surface area contributed by atoms with Gasteiger partial charge in [-0.05, 0) is 42.2 Å². The van der Waals surface area contributed by atoms with Crippen LogP contribution in [0.2, 0.25) is 0 Å². The van der Waals surface area contributed by atoms with Crippen molar-refractivity contribution in [3.63, 3.8) is 0 Å². The topological polar surface area (TPSA) is 29.5 Å². The predicted octanol–water partition coefficient (Wildman–Crippen LogP) is 3.33. The SMILES string of the molecule is OCc1ccc(OCCCc2ccccc2F)cc1. The number of aryl methyl sites for hydroxylation is 1. The number of aliphatic hydroxyl groups excluding tert-OH is 1. The van der Waals surface area contributed by atoms with Crippen LogP contribution in [0.1, 0.15) is 17.5 Å². The lowest BCUT2D eigenvalue weighted by atomic mass is 10.1. The van der Waals surface area contributed by atoms with E-state index in [2.05, 4.69) is 0 Å². The molecular formula is C16H17FO2. The fourth-order valence-corrected chi connectivity index (χ4v) is 1.84. The van der Waals surface area contributed by atoms with Crippen LogP contribution >= 0.6 is 0 Å². The van der Waals surface area contributed by atoms with Crippen molar-refractivity contribution in [3.8, 4) is 5.75 Å². The molecule has 0 aliphatic rings. The molecule has 2 aromatic carbocycles. The van der Waals surface area contributed by atoms with Crippen molar-refractivity contribution in [2.24, 2.45) is 0 Å². The summed E-state index contributed by atoms with van der Waals surface area (Å²) in [5.41, 5.74) is 1.58. The summed E-state index contributed by atoms with van der Waals surface area (Å²) in [6, 6.07) is 14.1. The Morgan fingerprint density at radius 3 is 2.42 bits per heavy atom. The van der Waals surface area contributed by atoms with Crippen LogP contribution in [0.25, 0.3) is 0 Å². The van der Waals surface area contributed by atoms with Gasteiger partial charge in [0, 0.05) is 0 Å². The molecule has 0 amide bonds. The molecule has 2 aromatic rings. The summed E-state index contributed by atoms with van der Waals surface area (Å²) < 4.78 is 18.9. The molecule has 0 bridgehead atoms. The van der Waals surface area contributed by atoms with Crippen molar-refractivity contribution < 1.29 is 14.2 Å². The lowest BCUT2D eigenvalue weighted by molar-refractivity contribution is 0.281. The highest BCUT2D eigenvalue weighted by atomic mass is 19.1. The number of rotatable bonds is 6. The quantitative estimate of drug-likeness (QED) is 0.807. The van der Waals surface area contributed by atoms with Crippen LogP contribution in [0.3, 0.4) is 0 Å². The fourth-order valence-electron chi connectivity index (χ4n) is 1.84.